The molecular weight excluding hydrogens is 204 g/mol. The molecule has 5 nitrogen and oxygen atoms in total. The quantitative estimate of drug-likeness (QED) is 0.577. The molecule has 1 amide bonds. The summed E-state index contributed by atoms with van der Waals surface area (Å²) in [6, 6.07) is 0. The van der Waals surface area contributed by atoms with Crippen LogP contribution in [0.25, 0.3) is 0 Å². The number of nitrogens with two attached hydrogens (primary N) is 1. The monoisotopic (exact) mass is 218 g/mol. The van der Waals surface area contributed by atoms with E-state index in [4.69, 9.17) is 10.5 Å². The largest absolute Gasteiger partial charge is 0.430 e. The fraction of sp³-hybridized carbons (Fsp3) is 0.750. The van der Waals surface area contributed by atoms with E-state index >= 15 is 0 Å². The first-order valence-electron chi connectivity index (χ1n) is 4.53. The van der Waals surface area contributed by atoms with Crippen molar-refractivity contribution in [2.75, 3.05) is 0 Å². The SMILES string of the molecule is CCC1OC(CC)C(=NOC(N)=O)S1. The third-order valence-electron chi connectivity index (χ3n) is 1.77. The van der Waals surface area contributed by atoms with Crippen molar-refractivity contribution >= 4 is 22.9 Å². The van der Waals surface area contributed by atoms with Gasteiger partial charge in [-0.3, -0.25) is 4.84 Å². The van der Waals surface area contributed by atoms with Gasteiger partial charge in [0.25, 0.3) is 0 Å². The molecule has 0 aromatic rings. The van der Waals surface area contributed by atoms with Gasteiger partial charge >= 0.3 is 6.09 Å². The molecule has 0 bridgehead atoms. The van der Waals surface area contributed by atoms with Crippen LogP contribution >= 0.6 is 11.8 Å². The summed E-state index contributed by atoms with van der Waals surface area (Å²) in [5.74, 6) is 0. The van der Waals surface area contributed by atoms with E-state index in [1.165, 1.54) is 11.8 Å². The summed E-state index contributed by atoms with van der Waals surface area (Å²) >= 11 is 1.48. The molecule has 2 unspecified atom stereocenters. The van der Waals surface area contributed by atoms with Crippen molar-refractivity contribution in [3.05, 3.63) is 0 Å². The van der Waals surface area contributed by atoms with Gasteiger partial charge in [-0.1, -0.05) is 30.8 Å². The first-order valence-corrected chi connectivity index (χ1v) is 5.41. The summed E-state index contributed by atoms with van der Waals surface area (Å²) in [6.07, 6.45) is 0.749. The van der Waals surface area contributed by atoms with Crippen LogP contribution in [0, 0.1) is 0 Å². The molecule has 0 spiro atoms. The third-order valence-corrected chi connectivity index (χ3v) is 3.06. The molecule has 14 heavy (non-hydrogen) atoms. The highest BCUT2D eigenvalue weighted by Gasteiger charge is 2.30. The lowest BCUT2D eigenvalue weighted by atomic mass is 10.3. The molecule has 80 valence electrons. The van der Waals surface area contributed by atoms with Crippen LogP contribution in [-0.2, 0) is 9.57 Å². The summed E-state index contributed by atoms with van der Waals surface area (Å²) in [5, 5.41) is 4.35. The Bertz CT molecular complexity index is 245. The van der Waals surface area contributed by atoms with Gasteiger partial charge in [-0.25, -0.2) is 4.79 Å². The Hall–Kier alpha value is -0.750. The van der Waals surface area contributed by atoms with E-state index in [1.54, 1.807) is 0 Å². The molecule has 0 radical (unpaired) electrons. The van der Waals surface area contributed by atoms with E-state index in [0.29, 0.717) is 5.04 Å². The van der Waals surface area contributed by atoms with Crippen LogP contribution < -0.4 is 5.73 Å². The molecule has 1 saturated heterocycles. The van der Waals surface area contributed by atoms with Crippen molar-refractivity contribution < 1.29 is 14.4 Å². The maximum Gasteiger partial charge on any atom is 0.430 e. The highest BCUT2D eigenvalue weighted by molar-refractivity contribution is 8.14. The molecule has 0 aliphatic carbocycles. The zero-order valence-corrected chi connectivity index (χ0v) is 9.04. The first-order chi connectivity index (χ1) is 6.67. The number of thioether (sulfide) groups is 1. The topological polar surface area (TPSA) is 73.9 Å². The summed E-state index contributed by atoms with van der Waals surface area (Å²) in [5.41, 5.74) is 4.91. The Labute approximate surface area is 87.0 Å². The Balaban J connectivity index is 2.58. The summed E-state index contributed by atoms with van der Waals surface area (Å²) in [4.78, 5) is 14.7. The molecule has 2 atom stereocenters. The molecule has 1 aliphatic heterocycles. The summed E-state index contributed by atoms with van der Waals surface area (Å²) in [6.45, 7) is 4.02. The Morgan fingerprint density at radius 2 is 2.36 bits per heavy atom. The average Bonchev–Trinajstić information content (AvgIpc) is 2.57. The normalized spacial score (nSPS) is 29.4. The first kappa shape index (κ1) is 11.3. The number of carbonyl (C=O) groups is 1. The Kier molecular flexibility index (Phi) is 4.21. The molecule has 6 heteroatoms. The van der Waals surface area contributed by atoms with E-state index < -0.39 is 6.09 Å². The third kappa shape index (κ3) is 2.88. The van der Waals surface area contributed by atoms with Gasteiger partial charge in [-0.2, -0.15) is 0 Å². The number of hydrogen-bond acceptors (Lipinski definition) is 5. The number of oxime groups is 1. The van der Waals surface area contributed by atoms with Crippen molar-refractivity contribution in [2.24, 2.45) is 10.9 Å². The minimum absolute atomic E-state index is 0.0655. The minimum atomic E-state index is -0.895. The maximum absolute atomic E-state index is 10.3. The molecule has 1 fully saturated rings. The van der Waals surface area contributed by atoms with E-state index in [-0.39, 0.29) is 11.5 Å². The summed E-state index contributed by atoms with van der Waals surface area (Å²) in [7, 11) is 0. The predicted octanol–water partition coefficient (Wildman–Crippen LogP) is 1.67. The second-order valence-corrected chi connectivity index (χ2v) is 4.01. The lowest BCUT2D eigenvalue weighted by Crippen LogP contribution is -2.16. The van der Waals surface area contributed by atoms with Crippen molar-refractivity contribution in [2.45, 2.75) is 38.2 Å². The van der Waals surface area contributed by atoms with Crippen LogP contribution in [0.5, 0.6) is 0 Å². The molecule has 1 rings (SSSR count). The van der Waals surface area contributed by atoms with Crippen molar-refractivity contribution in [3.63, 3.8) is 0 Å². The predicted molar refractivity (Wildman–Crippen MR) is 54.9 cm³/mol. The van der Waals surface area contributed by atoms with Gasteiger partial charge in [0.15, 0.2) is 0 Å². The van der Waals surface area contributed by atoms with Gasteiger partial charge in [0.1, 0.15) is 16.6 Å². The fourth-order valence-electron chi connectivity index (χ4n) is 1.10. The van der Waals surface area contributed by atoms with Crippen molar-refractivity contribution in [1.82, 2.24) is 0 Å². The number of carbonyl (C=O) groups excluding carboxylic acids is 1. The van der Waals surface area contributed by atoms with Crippen LogP contribution in [-0.4, -0.2) is 22.7 Å². The Morgan fingerprint density at radius 1 is 1.64 bits per heavy atom. The second kappa shape index (κ2) is 5.21. The molecule has 0 aromatic carbocycles. The molecular formula is C8H14N2O3S. The minimum Gasteiger partial charge on any atom is -0.357 e. The van der Waals surface area contributed by atoms with Crippen LogP contribution in [0.4, 0.5) is 4.79 Å². The van der Waals surface area contributed by atoms with Crippen molar-refractivity contribution in [3.8, 4) is 0 Å². The molecule has 1 aliphatic rings. The highest BCUT2D eigenvalue weighted by Crippen LogP contribution is 2.31. The number of amides is 1. The lowest BCUT2D eigenvalue weighted by molar-refractivity contribution is 0.0826. The zero-order valence-electron chi connectivity index (χ0n) is 8.23. The van der Waals surface area contributed by atoms with Crippen molar-refractivity contribution in [1.29, 1.82) is 0 Å². The second-order valence-electron chi connectivity index (χ2n) is 2.83. The van der Waals surface area contributed by atoms with Gasteiger partial charge in [-0.15, -0.1) is 0 Å². The van der Waals surface area contributed by atoms with Gasteiger partial charge < -0.3 is 10.5 Å². The van der Waals surface area contributed by atoms with Gasteiger partial charge in [0.05, 0.1) is 0 Å². The van der Waals surface area contributed by atoms with Crippen LogP contribution in [0.15, 0.2) is 5.16 Å². The number of nitrogens with zero attached hydrogens (tertiary/aromatic N) is 1. The molecule has 2 N–H and O–H groups in total. The van der Waals surface area contributed by atoms with E-state index in [0.717, 1.165) is 12.8 Å². The number of hydrogen-bond donors (Lipinski definition) is 1. The zero-order chi connectivity index (χ0) is 10.6. The lowest BCUT2D eigenvalue weighted by Gasteiger charge is -2.06. The van der Waals surface area contributed by atoms with Crippen LogP contribution in [0.2, 0.25) is 0 Å². The van der Waals surface area contributed by atoms with E-state index in [1.807, 2.05) is 13.8 Å². The number of primary amides is 1. The molecule has 0 aromatic heterocycles. The van der Waals surface area contributed by atoms with Crippen LogP contribution in [0.3, 0.4) is 0 Å². The molecule has 1 heterocycles. The Morgan fingerprint density at radius 3 is 2.86 bits per heavy atom. The highest BCUT2D eigenvalue weighted by atomic mass is 32.2. The van der Waals surface area contributed by atoms with Gasteiger partial charge in [0.2, 0.25) is 0 Å². The average molecular weight is 218 g/mol. The van der Waals surface area contributed by atoms with E-state index in [9.17, 15) is 4.79 Å². The molecule has 0 saturated carbocycles. The maximum atomic E-state index is 10.3. The number of rotatable bonds is 3. The fourth-order valence-corrected chi connectivity index (χ4v) is 2.18. The number of ether oxygens (including phenoxy) is 1. The smallest absolute Gasteiger partial charge is 0.357 e. The van der Waals surface area contributed by atoms with Crippen LogP contribution in [0.1, 0.15) is 26.7 Å². The van der Waals surface area contributed by atoms with Gasteiger partial charge in [-0.05, 0) is 12.8 Å². The summed E-state index contributed by atoms with van der Waals surface area (Å²) < 4.78 is 5.60. The van der Waals surface area contributed by atoms with Gasteiger partial charge in [0, 0.05) is 0 Å². The standard InChI is InChI=1S/C8H14N2O3S/c1-3-5-7(10-13-8(9)11)14-6(4-2)12-5/h5-6H,3-4H2,1-2H3,(H2,9,11). The van der Waals surface area contributed by atoms with E-state index in [2.05, 4.69) is 9.99 Å².